The van der Waals surface area contributed by atoms with E-state index >= 15 is 0 Å². The third kappa shape index (κ3) is 2.20. The zero-order chi connectivity index (χ0) is 13.9. The van der Waals surface area contributed by atoms with Crippen molar-refractivity contribution >= 4 is 5.97 Å². The number of rotatable bonds is 2. The highest BCUT2D eigenvalue weighted by Gasteiger charge is 2.38. The molecule has 0 aliphatic carbocycles. The number of esters is 1. The van der Waals surface area contributed by atoms with Crippen molar-refractivity contribution in [1.29, 1.82) is 0 Å². The minimum absolute atomic E-state index is 0.451. The first-order valence-electron chi connectivity index (χ1n) is 6.34. The maximum atomic E-state index is 11.9. The number of methoxy groups -OCH3 is 1. The maximum Gasteiger partial charge on any atom is 0.351 e. The van der Waals surface area contributed by atoms with Gasteiger partial charge in [0.15, 0.2) is 17.6 Å². The quantitative estimate of drug-likeness (QED) is 0.787. The monoisotopic (exact) mass is 270 g/mol. The van der Waals surface area contributed by atoms with E-state index < -0.39 is 18.2 Å². The van der Waals surface area contributed by atoms with Crippen LogP contribution in [-0.4, -0.2) is 19.2 Å². The number of ether oxygens (including phenoxy) is 3. The molecule has 0 spiro atoms. The predicted octanol–water partition coefficient (Wildman–Crippen LogP) is 2.74. The molecule has 1 heterocycles. The summed E-state index contributed by atoms with van der Waals surface area (Å²) in [5, 5.41) is 0. The summed E-state index contributed by atoms with van der Waals surface area (Å²) >= 11 is 0. The normalized spacial score (nSPS) is 20.2. The predicted molar refractivity (Wildman–Crippen MR) is 72.7 cm³/mol. The van der Waals surface area contributed by atoms with Crippen LogP contribution in [-0.2, 0) is 9.53 Å². The van der Waals surface area contributed by atoms with Gasteiger partial charge in [0.1, 0.15) is 0 Å². The molecule has 4 nitrogen and oxygen atoms in total. The second kappa shape index (κ2) is 5.25. The van der Waals surface area contributed by atoms with E-state index in [1.165, 1.54) is 7.11 Å². The lowest BCUT2D eigenvalue weighted by Gasteiger charge is -2.32. The molecule has 0 amide bonds. The van der Waals surface area contributed by atoms with Crippen molar-refractivity contribution in [3.05, 3.63) is 60.2 Å². The third-order valence-corrected chi connectivity index (χ3v) is 3.19. The molecular formula is C16H14O4. The summed E-state index contributed by atoms with van der Waals surface area (Å²) in [5.74, 6) is 0.727. The molecule has 2 atom stereocenters. The van der Waals surface area contributed by atoms with E-state index in [0.717, 1.165) is 5.56 Å². The van der Waals surface area contributed by atoms with Crippen molar-refractivity contribution in [3.8, 4) is 11.5 Å². The zero-order valence-electron chi connectivity index (χ0n) is 11.0. The van der Waals surface area contributed by atoms with Crippen LogP contribution in [0.25, 0.3) is 0 Å². The van der Waals surface area contributed by atoms with Gasteiger partial charge in [-0.15, -0.1) is 0 Å². The SMILES string of the molecule is COC(=O)C1Oc2ccccc2OC1c1ccccc1. The minimum Gasteiger partial charge on any atom is -0.477 e. The zero-order valence-corrected chi connectivity index (χ0v) is 11.0. The van der Waals surface area contributed by atoms with Gasteiger partial charge in [-0.05, 0) is 17.7 Å². The number of fused-ring (bicyclic) bond motifs is 1. The summed E-state index contributed by atoms with van der Waals surface area (Å²) in [6.07, 6.45) is -1.32. The smallest absolute Gasteiger partial charge is 0.351 e. The lowest BCUT2D eigenvalue weighted by molar-refractivity contribution is -0.155. The number of carbonyl (C=O) groups excluding carboxylic acids is 1. The molecule has 102 valence electrons. The molecule has 1 aliphatic rings. The lowest BCUT2D eigenvalue weighted by Crippen LogP contribution is -2.40. The first kappa shape index (κ1) is 12.5. The second-order valence-corrected chi connectivity index (χ2v) is 4.46. The fraction of sp³-hybridized carbons (Fsp3) is 0.188. The number of para-hydroxylation sites is 2. The van der Waals surface area contributed by atoms with Crippen LogP contribution in [0.4, 0.5) is 0 Å². The van der Waals surface area contributed by atoms with Gasteiger partial charge in [-0.3, -0.25) is 0 Å². The lowest BCUT2D eigenvalue weighted by atomic mass is 10.0. The molecule has 0 saturated carbocycles. The van der Waals surface area contributed by atoms with Crippen LogP contribution < -0.4 is 9.47 Å². The number of hydrogen-bond acceptors (Lipinski definition) is 4. The van der Waals surface area contributed by atoms with Crippen molar-refractivity contribution in [2.45, 2.75) is 12.2 Å². The van der Waals surface area contributed by atoms with E-state index in [0.29, 0.717) is 11.5 Å². The first-order chi connectivity index (χ1) is 9.79. The van der Waals surface area contributed by atoms with Crippen molar-refractivity contribution in [3.63, 3.8) is 0 Å². The van der Waals surface area contributed by atoms with E-state index in [2.05, 4.69) is 0 Å². The molecular weight excluding hydrogens is 256 g/mol. The van der Waals surface area contributed by atoms with E-state index in [9.17, 15) is 4.79 Å². The molecule has 0 saturated heterocycles. The Balaban J connectivity index is 2.00. The van der Waals surface area contributed by atoms with E-state index in [-0.39, 0.29) is 0 Å². The highest BCUT2D eigenvalue weighted by Crippen LogP contribution is 2.39. The summed E-state index contributed by atoms with van der Waals surface area (Å²) in [4.78, 5) is 11.9. The van der Waals surface area contributed by atoms with Gasteiger partial charge in [-0.25, -0.2) is 4.79 Å². The summed E-state index contributed by atoms with van der Waals surface area (Å²) < 4.78 is 16.5. The molecule has 20 heavy (non-hydrogen) atoms. The van der Waals surface area contributed by atoms with Crippen LogP contribution >= 0.6 is 0 Å². The van der Waals surface area contributed by atoms with Gasteiger partial charge in [0.25, 0.3) is 0 Å². The number of hydrogen-bond donors (Lipinski definition) is 0. The number of benzene rings is 2. The molecule has 4 heteroatoms. The Morgan fingerprint density at radius 2 is 1.55 bits per heavy atom. The highest BCUT2D eigenvalue weighted by atomic mass is 16.6. The maximum absolute atomic E-state index is 11.9. The molecule has 0 radical (unpaired) electrons. The summed E-state index contributed by atoms with van der Waals surface area (Å²) in [5.41, 5.74) is 0.873. The Labute approximate surface area is 116 Å². The molecule has 2 aromatic carbocycles. The van der Waals surface area contributed by atoms with Crippen molar-refractivity contribution in [2.75, 3.05) is 7.11 Å². The van der Waals surface area contributed by atoms with E-state index in [1.54, 1.807) is 6.07 Å². The average Bonchev–Trinajstić information content (AvgIpc) is 2.53. The fourth-order valence-electron chi connectivity index (χ4n) is 2.22. The average molecular weight is 270 g/mol. The van der Waals surface area contributed by atoms with Crippen molar-refractivity contribution in [2.24, 2.45) is 0 Å². The summed E-state index contributed by atoms with van der Waals surface area (Å²) in [6.45, 7) is 0. The minimum atomic E-state index is -0.808. The van der Waals surface area contributed by atoms with Gasteiger partial charge in [0, 0.05) is 0 Å². The third-order valence-electron chi connectivity index (χ3n) is 3.19. The van der Waals surface area contributed by atoms with Gasteiger partial charge in [0.05, 0.1) is 7.11 Å². The van der Waals surface area contributed by atoms with Crippen LogP contribution in [0, 0.1) is 0 Å². The van der Waals surface area contributed by atoms with Crippen LogP contribution in [0.3, 0.4) is 0 Å². The Bertz CT molecular complexity index is 609. The van der Waals surface area contributed by atoms with Crippen molar-refractivity contribution in [1.82, 2.24) is 0 Å². The first-order valence-corrected chi connectivity index (χ1v) is 6.34. The summed E-state index contributed by atoms with van der Waals surface area (Å²) in [6, 6.07) is 16.8. The van der Waals surface area contributed by atoms with Gasteiger partial charge in [-0.2, -0.15) is 0 Å². The molecule has 2 aromatic rings. The molecule has 0 aromatic heterocycles. The van der Waals surface area contributed by atoms with Crippen LogP contribution in [0.15, 0.2) is 54.6 Å². The van der Waals surface area contributed by atoms with Gasteiger partial charge in [0.2, 0.25) is 6.10 Å². The Hall–Kier alpha value is -2.49. The van der Waals surface area contributed by atoms with Gasteiger partial charge < -0.3 is 14.2 Å². The Kier molecular flexibility index (Phi) is 3.29. The fourth-order valence-corrected chi connectivity index (χ4v) is 2.22. The molecule has 0 bridgehead atoms. The van der Waals surface area contributed by atoms with Crippen LogP contribution in [0.1, 0.15) is 11.7 Å². The highest BCUT2D eigenvalue weighted by molar-refractivity contribution is 5.76. The topological polar surface area (TPSA) is 44.8 Å². The largest absolute Gasteiger partial charge is 0.477 e. The molecule has 1 aliphatic heterocycles. The molecule has 2 unspecified atom stereocenters. The Morgan fingerprint density at radius 1 is 0.950 bits per heavy atom. The van der Waals surface area contributed by atoms with E-state index in [4.69, 9.17) is 14.2 Å². The summed E-state index contributed by atoms with van der Waals surface area (Å²) in [7, 11) is 1.34. The number of carbonyl (C=O) groups is 1. The van der Waals surface area contributed by atoms with Crippen molar-refractivity contribution < 1.29 is 19.0 Å². The van der Waals surface area contributed by atoms with E-state index in [1.807, 2.05) is 48.5 Å². The standard InChI is InChI=1S/C16H14O4/c1-18-16(17)15-14(11-7-3-2-4-8-11)19-12-9-5-6-10-13(12)20-15/h2-10,14-15H,1H3. The molecule has 3 rings (SSSR count). The van der Waals surface area contributed by atoms with Gasteiger partial charge >= 0.3 is 5.97 Å². The molecule has 0 fully saturated rings. The van der Waals surface area contributed by atoms with Crippen LogP contribution in [0.5, 0.6) is 11.5 Å². The van der Waals surface area contributed by atoms with Crippen LogP contribution in [0.2, 0.25) is 0 Å². The van der Waals surface area contributed by atoms with Gasteiger partial charge in [-0.1, -0.05) is 42.5 Å². The molecule has 0 N–H and O–H groups in total. The Morgan fingerprint density at radius 3 is 2.20 bits per heavy atom. The second-order valence-electron chi connectivity index (χ2n) is 4.46.